The lowest BCUT2D eigenvalue weighted by atomic mass is 9.83. The molecule has 0 spiro atoms. The zero-order chi connectivity index (χ0) is 25.7. The van der Waals surface area contributed by atoms with E-state index in [-0.39, 0.29) is 29.7 Å². The Kier molecular flexibility index (Phi) is 8.25. The van der Waals surface area contributed by atoms with Crippen LogP contribution in [-0.2, 0) is 16.0 Å². The maximum absolute atomic E-state index is 13.0. The first kappa shape index (κ1) is 25.7. The Bertz CT molecular complexity index is 1090. The quantitative estimate of drug-likeness (QED) is 0.471. The maximum atomic E-state index is 13.0. The molecule has 0 radical (unpaired) electrons. The number of nitrogens with zero attached hydrogens (tertiary/aromatic N) is 2. The number of nitrogens with one attached hydrogen (secondary N) is 1. The lowest BCUT2D eigenvalue weighted by molar-refractivity contribution is -0.136. The number of hydrogen-bond donors (Lipinski definition) is 1. The van der Waals surface area contributed by atoms with Crippen molar-refractivity contribution >= 4 is 17.8 Å². The first-order valence-electron chi connectivity index (χ1n) is 12.6. The molecule has 1 atom stereocenters. The molecule has 1 heterocycles. The fraction of sp³-hybridized carbons (Fsp3) is 0.464. The van der Waals surface area contributed by atoms with E-state index in [2.05, 4.69) is 10.2 Å². The lowest BCUT2D eigenvalue weighted by Gasteiger charge is -2.34. The van der Waals surface area contributed by atoms with Crippen LogP contribution in [-0.4, -0.2) is 73.5 Å². The number of fused-ring (bicyclic) bond motifs is 1. The molecule has 2 aromatic carbocycles. The van der Waals surface area contributed by atoms with E-state index >= 15 is 0 Å². The van der Waals surface area contributed by atoms with Crippen LogP contribution < -0.4 is 14.8 Å². The molecule has 2 aromatic rings. The summed E-state index contributed by atoms with van der Waals surface area (Å²) in [6.45, 7) is 6.66. The Morgan fingerprint density at radius 3 is 2.36 bits per heavy atom. The number of benzene rings is 2. The molecular formula is C28H35N3O5. The van der Waals surface area contributed by atoms with Crippen molar-refractivity contribution in [3.05, 3.63) is 59.2 Å². The minimum absolute atomic E-state index is 0.00534. The molecular weight excluding hydrogens is 458 g/mol. The van der Waals surface area contributed by atoms with Crippen molar-refractivity contribution in [2.24, 2.45) is 0 Å². The van der Waals surface area contributed by atoms with E-state index in [1.54, 1.807) is 36.3 Å². The normalized spacial score (nSPS) is 17.9. The molecule has 8 heteroatoms. The first-order chi connectivity index (χ1) is 17.3. The number of esters is 1. The van der Waals surface area contributed by atoms with E-state index in [4.69, 9.17) is 9.47 Å². The fourth-order valence-corrected chi connectivity index (χ4v) is 4.86. The molecule has 1 aliphatic carbocycles. The van der Waals surface area contributed by atoms with Gasteiger partial charge in [-0.2, -0.15) is 0 Å². The molecule has 1 saturated heterocycles. The van der Waals surface area contributed by atoms with Gasteiger partial charge in [0.05, 0.1) is 19.6 Å². The van der Waals surface area contributed by atoms with E-state index in [0.717, 1.165) is 36.1 Å². The number of methoxy groups -OCH3 is 1. The second-order valence-corrected chi connectivity index (χ2v) is 9.75. The summed E-state index contributed by atoms with van der Waals surface area (Å²) in [6, 6.07) is 12.7. The third-order valence-corrected chi connectivity index (χ3v) is 6.75. The number of rotatable bonds is 7. The van der Waals surface area contributed by atoms with Gasteiger partial charge in [-0.3, -0.25) is 19.3 Å². The van der Waals surface area contributed by atoms with Crippen LogP contribution in [0.2, 0.25) is 0 Å². The Labute approximate surface area is 212 Å². The molecule has 0 saturated carbocycles. The standard InChI is InChI=1S/C28H35N3O5/c1-19(2)29-26(32)18-30-13-15-31(16-14-30)27(33)21-8-10-22(11-9-21)36-28(34)24-6-4-5-20-7-12-23(35-3)17-25(20)24/h7-12,17,19,24H,4-6,13-16,18H2,1-3H3,(H,29,32). The SMILES string of the molecule is COc1ccc2c(c1)C(C(=O)Oc1ccc(C(=O)N3CCN(CC(=O)NC(C)C)CC3)cc1)CCC2. The van der Waals surface area contributed by atoms with Crippen LogP contribution in [0.25, 0.3) is 0 Å². The predicted octanol–water partition coefficient (Wildman–Crippen LogP) is 3.00. The van der Waals surface area contributed by atoms with Crippen LogP contribution in [0.4, 0.5) is 0 Å². The van der Waals surface area contributed by atoms with Crippen molar-refractivity contribution in [2.75, 3.05) is 39.8 Å². The Morgan fingerprint density at radius 2 is 1.69 bits per heavy atom. The smallest absolute Gasteiger partial charge is 0.318 e. The Morgan fingerprint density at radius 1 is 1.00 bits per heavy atom. The molecule has 36 heavy (non-hydrogen) atoms. The van der Waals surface area contributed by atoms with Gasteiger partial charge in [0.2, 0.25) is 5.91 Å². The summed E-state index contributed by atoms with van der Waals surface area (Å²) in [7, 11) is 1.62. The molecule has 2 amide bonds. The second kappa shape index (κ2) is 11.6. The van der Waals surface area contributed by atoms with Gasteiger partial charge in [0.15, 0.2) is 0 Å². The van der Waals surface area contributed by atoms with Crippen molar-refractivity contribution < 1.29 is 23.9 Å². The molecule has 0 bridgehead atoms. The molecule has 1 aliphatic heterocycles. The van der Waals surface area contributed by atoms with Crippen molar-refractivity contribution in [2.45, 2.75) is 45.1 Å². The van der Waals surface area contributed by atoms with E-state index in [1.807, 2.05) is 32.0 Å². The topological polar surface area (TPSA) is 88.2 Å². The second-order valence-electron chi connectivity index (χ2n) is 9.75. The van der Waals surface area contributed by atoms with E-state index in [9.17, 15) is 14.4 Å². The number of piperazine rings is 1. The third kappa shape index (κ3) is 6.23. The Hall–Kier alpha value is -3.39. The minimum atomic E-state index is -0.330. The zero-order valence-corrected chi connectivity index (χ0v) is 21.3. The molecule has 4 rings (SSSR count). The van der Waals surface area contributed by atoms with Crippen molar-refractivity contribution in [3.63, 3.8) is 0 Å². The van der Waals surface area contributed by atoms with Crippen LogP contribution in [0.15, 0.2) is 42.5 Å². The fourth-order valence-electron chi connectivity index (χ4n) is 4.86. The average molecular weight is 494 g/mol. The summed E-state index contributed by atoms with van der Waals surface area (Å²) < 4.78 is 11.0. The highest BCUT2D eigenvalue weighted by atomic mass is 16.5. The number of carbonyl (C=O) groups is 3. The molecule has 192 valence electrons. The third-order valence-electron chi connectivity index (χ3n) is 6.75. The highest BCUT2D eigenvalue weighted by Gasteiger charge is 2.29. The first-order valence-corrected chi connectivity index (χ1v) is 12.6. The van der Waals surface area contributed by atoms with Crippen LogP contribution in [0.1, 0.15) is 54.1 Å². The van der Waals surface area contributed by atoms with Crippen LogP contribution >= 0.6 is 0 Å². The van der Waals surface area contributed by atoms with E-state index in [0.29, 0.717) is 44.0 Å². The van der Waals surface area contributed by atoms with Gasteiger partial charge >= 0.3 is 5.97 Å². The molecule has 1 fully saturated rings. The van der Waals surface area contributed by atoms with Crippen LogP contribution in [0.3, 0.4) is 0 Å². The summed E-state index contributed by atoms with van der Waals surface area (Å²) in [4.78, 5) is 41.8. The molecule has 1 N–H and O–H groups in total. The zero-order valence-electron chi connectivity index (χ0n) is 21.3. The summed E-state index contributed by atoms with van der Waals surface area (Å²) in [5.41, 5.74) is 2.68. The number of amides is 2. The van der Waals surface area contributed by atoms with Gasteiger partial charge in [0, 0.05) is 37.8 Å². The lowest BCUT2D eigenvalue weighted by Crippen LogP contribution is -2.51. The van der Waals surface area contributed by atoms with Crippen LogP contribution in [0.5, 0.6) is 11.5 Å². The van der Waals surface area contributed by atoms with Gasteiger partial charge in [0.1, 0.15) is 11.5 Å². The maximum Gasteiger partial charge on any atom is 0.318 e. The van der Waals surface area contributed by atoms with Crippen molar-refractivity contribution in [3.8, 4) is 11.5 Å². The average Bonchev–Trinajstić information content (AvgIpc) is 2.88. The number of ether oxygens (including phenoxy) is 2. The number of aryl methyl sites for hydroxylation is 1. The summed E-state index contributed by atoms with van der Waals surface area (Å²) in [5, 5.41) is 2.90. The summed E-state index contributed by atoms with van der Waals surface area (Å²) >= 11 is 0. The summed E-state index contributed by atoms with van der Waals surface area (Å²) in [5.74, 6) is 0.478. The van der Waals surface area contributed by atoms with Crippen LogP contribution in [0, 0.1) is 0 Å². The van der Waals surface area contributed by atoms with E-state index < -0.39 is 0 Å². The summed E-state index contributed by atoms with van der Waals surface area (Å²) in [6.07, 6.45) is 2.61. The highest BCUT2D eigenvalue weighted by Crippen LogP contribution is 2.35. The van der Waals surface area contributed by atoms with Gasteiger partial charge in [-0.25, -0.2) is 0 Å². The monoisotopic (exact) mass is 493 g/mol. The predicted molar refractivity (Wildman–Crippen MR) is 136 cm³/mol. The number of hydrogen-bond acceptors (Lipinski definition) is 6. The van der Waals surface area contributed by atoms with Gasteiger partial charge in [0.25, 0.3) is 5.91 Å². The largest absolute Gasteiger partial charge is 0.497 e. The van der Waals surface area contributed by atoms with E-state index in [1.165, 1.54) is 0 Å². The number of carbonyl (C=O) groups excluding carboxylic acids is 3. The highest BCUT2D eigenvalue weighted by molar-refractivity contribution is 5.94. The molecule has 1 unspecified atom stereocenters. The van der Waals surface area contributed by atoms with Gasteiger partial charge in [-0.1, -0.05) is 6.07 Å². The minimum Gasteiger partial charge on any atom is -0.497 e. The molecule has 8 nitrogen and oxygen atoms in total. The van der Waals surface area contributed by atoms with Crippen molar-refractivity contribution in [1.82, 2.24) is 15.1 Å². The van der Waals surface area contributed by atoms with Gasteiger partial charge in [-0.05, 0) is 80.6 Å². The Balaban J connectivity index is 1.32. The molecule has 0 aromatic heterocycles. The van der Waals surface area contributed by atoms with Gasteiger partial charge < -0.3 is 19.7 Å². The van der Waals surface area contributed by atoms with Gasteiger partial charge in [-0.15, -0.1) is 0 Å². The molecule has 2 aliphatic rings. The van der Waals surface area contributed by atoms with Crippen molar-refractivity contribution in [1.29, 1.82) is 0 Å².